The monoisotopic (exact) mass is 234 g/mol. The van der Waals surface area contributed by atoms with Crippen molar-refractivity contribution in [1.29, 1.82) is 0 Å². The second-order valence-electron chi connectivity index (χ2n) is 2.79. The molecule has 1 aromatic rings. The van der Waals surface area contributed by atoms with Gasteiger partial charge in [-0.15, -0.1) is 0 Å². The number of alkyl halides is 1. The van der Waals surface area contributed by atoms with Crippen LogP contribution in [0.4, 0.5) is 13.2 Å². The molecule has 0 aromatic heterocycles. The number of carbonyl (C=O) groups is 1. The van der Waals surface area contributed by atoms with Crippen molar-refractivity contribution in [2.75, 3.05) is 6.61 Å². The first kappa shape index (κ1) is 12.4. The van der Waals surface area contributed by atoms with Gasteiger partial charge in [-0.1, -0.05) is 0 Å². The van der Waals surface area contributed by atoms with Crippen LogP contribution in [0.25, 0.3) is 0 Å². The molecule has 16 heavy (non-hydrogen) atoms. The van der Waals surface area contributed by atoms with E-state index in [1.165, 1.54) is 6.92 Å². The molecule has 0 aliphatic rings. The minimum atomic E-state index is -2.40. The Bertz CT molecular complexity index is 361. The molecule has 1 rings (SSSR count). The van der Waals surface area contributed by atoms with Gasteiger partial charge in [-0.3, -0.25) is 0 Å². The first-order valence-corrected chi connectivity index (χ1v) is 4.46. The summed E-state index contributed by atoms with van der Waals surface area (Å²) >= 11 is 0. The average molecular weight is 234 g/mol. The van der Waals surface area contributed by atoms with Gasteiger partial charge in [0.15, 0.2) is 0 Å². The van der Waals surface area contributed by atoms with Gasteiger partial charge in [0.2, 0.25) is 0 Å². The third-order valence-electron chi connectivity index (χ3n) is 1.55. The highest BCUT2D eigenvalue weighted by molar-refractivity contribution is 5.73. The van der Waals surface area contributed by atoms with Gasteiger partial charge < -0.3 is 9.47 Å². The van der Waals surface area contributed by atoms with Gasteiger partial charge in [-0.2, -0.15) is 4.39 Å². The van der Waals surface area contributed by atoms with Crippen LogP contribution in [-0.2, 0) is 9.53 Å². The third kappa shape index (κ3) is 3.45. The Kier molecular flexibility index (Phi) is 4.16. The van der Waals surface area contributed by atoms with E-state index >= 15 is 0 Å². The molecule has 0 fully saturated rings. The van der Waals surface area contributed by atoms with Crippen LogP contribution in [-0.4, -0.2) is 18.9 Å². The quantitative estimate of drug-likeness (QED) is 0.749. The van der Waals surface area contributed by atoms with Crippen LogP contribution in [0.3, 0.4) is 0 Å². The largest absolute Gasteiger partial charge is 0.461 e. The van der Waals surface area contributed by atoms with Crippen LogP contribution in [0.5, 0.6) is 5.75 Å². The maximum absolute atomic E-state index is 13.0. The fourth-order valence-electron chi connectivity index (χ4n) is 0.972. The van der Waals surface area contributed by atoms with E-state index in [0.717, 1.165) is 12.1 Å². The van der Waals surface area contributed by atoms with E-state index in [-0.39, 0.29) is 6.61 Å². The molecule has 1 atom stereocenters. The van der Waals surface area contributed by atoms with Crippen LogP contribution >= 0.6 is 0 Å². The fourth-order valence-corrected chi connectivity index (χ4v) is 0.972. The summed E-state index contributed by atoms with van der Waals surface area (Å²) in [6.07, 6.45) is -2.40. The molecule has 6 heteroatoms. The minimum Gasteiger partial charge on any atom is -0.461 e. The Morgan fingerprint density at radius 1 is 1.31 bits per heavy atom. The summed E-state index contributed by atoms with van der Waals surface area (Å²) in [5.41, 5.74) is 0. The van der Waals surface area contributed by atoms with Crippen molar-refractivity contribution < 1.29 is 27.4 Å². The van der Waals surface area contributed by atoms with Crippen molar-refractivity contribution in [3.8, 4) is 5.75 Å². The summed E-state index contributed by atoms with van der Waals surface area (Å²) in [7, 11) is 0. The number of hydrogen-bond donors (Lipinski definition) is 0. The maximum Gasteiger partial charge on any atom is 0.381 e. The number of benzene rings is 1. The number of esters is 1. The molecule has 0 aliphatic heterocycles. The molecule has 3 nitrogen and oxygen atoms in total. The lowest BCUT2D eigenvalue weighted by molar-refractivity contribution is -0.159. The minimum absolute atomic E-state index is 0.0138. The lowest BCUT2D eigenvalue weighted by atomic mass is 10.3. The van der Waals surface area contributed by atoms with E-state index in [9.17, 15) is 18.0 Å². The number of ether oxygens (including phenoxy) is 2. The molecule has 88 valence electrons. The Labute approximate surface area is 89.8 Å². The van der Waals surface area contributed by atoms with E-state index in [1.54, 1.807) is 0 Å². The second-order valence-corrected chi connectivity index (χ2v) is 2.79. The van der Waals surface area contributed by atoms with E-state index in [4.69, 9.17) is 0 Å². The van der Waals surface area contributed by atoms with Crippen LogP contribution < -0.4 is 4.74 Å². The van der Waals surface area contributed by atoms with Gasteiger partial charge in [0, 0.05) is 18.2 Å². The number of halogens is 3. The van der Waals surface area contributed by atoms with Gasteiger partial charge in [-0.25, -0.2) is 13.6 Å². The van der Waals surface area contributed by atoms with Crippen LogP contribution in [0.1, 0.15) is 6.92 Å². The number of hydrogen-bond acceptors (Lipinski definition) is 3. The molecule has 0 bridgehead atoms. The average Bonchev–Trinajstić information content (AvgIpc) is 2.16. The zero-order valence-electron chi connectivity index (χ0n) is 8.38. The fraction of sp³-hybridized carbons (Fsp3) is 0.300. The summed E-state index contributed by atoms with van der Waals surface area (Å²) in [4.78, 5) is 10.8. The lowest BCUT2D eigenvalue weighted by Crippen LogP contribution is -2.24. The highest BCUT2D eigenvalue weighted by Gasteiger charge is 2.20. The van der Waals surface area contributed by atoms with Crippen LogP contribution in [0, 0.1) is 11.6 Å². The molecular weight excluding hydrogens is 225 g/mol. The number of carbonyl (C=O) groups excluding carboxylic acids is 1. The zero-order valence-corrected chi connectivity index (χ0v) is 8.38. The summed E-state index contributed by atoms with van der Waals surface area (Å²) in [5, 5.41) is 0. The zero-order chi connectivity index (χ0) is 12.1. The molecule has 0 N–H and O–H groups in total. The normalized spacial score (nSPS) is 12.0. The molecule has 1 aromatic carbocycles. The molecule has 0 heterocycles. The van der Waals surface area contributed by atoms with Crippen molar-refractivity contribution in [3.05, 3.63) is 29.8 Å². The maximum atomic E-state index is 13.0. The Morgan fingerprint density at radius 2 is 1.88 bits per heavy atom. The molecule has 0 radical (unpaired) electrons. The smallest absolute Gasteiger partial charge is 0.381 e. The van der Waals surface area contributed by atoms with Crippen molar-refractivity contribution in [3.63, 3.8) is 0 Å². The predicted octanol–water partition coefficient (Wildman–Crippen LogP) is 2.20. The summed E-state index contributed by atoms with van der Waals surface area (Å²) in [6.45, 7) is 1.48. The van der Waals surface area contributed by atoms with Crippen molar-refractivity contribution >= 4 is 5.97 Å². The molecule has 1 unspecified atom stereocenters. The molecular formula is C10H9F3O3. The molecule has 0 aliphatic carbocycles. The summed E-state index contributed by atoms with van der Waals surface area (Å²) < 4.78 is 47.0. The van der Waals surface area contributed by atoms with E-state index in [2.05, 4.69) is 9.47 Å². The summed E-state index contributed by atoms with van der Waals surface area (Å²) in [5.74, 6) is -3.51. The molecule has 0 amide bonds. The van der Waals surface area contributed by atoms with Gasteiger partial charge in [0.25, 0.3) is 0 Å². The first-order valence-electron chi connectivity index (χ1n) is 4.46. The van der Waals surface area contributed by atoms with Gasteiger partial charge in [0.1, 0.15) is 17.4 Å². The van der Waals surface area contributed by atoms with E-state index in [1.807, 2.05) is 0 Å². The first-order chi connectivity index (χ1) is 7.52. The number of rotatable bonds is 4. The second kappa shape index (κ2) is 5.39. The van der Waals surface area contributed by atoms with Gasteiger partial charge >= 0.3 is 12.3 Å². The van der Waals surface area contributed by atoms with Crippen molar-refractivity contribution in [1.82, 2.24) is 0 Å². The molecule has 0 saturated carbocycles. The lowest BCUT2D eigenvalue weighted by Gasteiger charge is -2.10. The summed E-state index contributed by atoms with van der Waals surface area (Å²) in [6, 6.07) is 2.12. The van der Waals surface area contributed by atoms with Gasteiger partial charge in [0.05, 0.1) is 6.61 Å². The highest BCUT2D eigenvalue weighted by atomic mass is 19.1. The predicted molar refractivity (Wildman–Crippen MR) is 48.5 cm³/mol. The Balaban J connectivity index is 2.69. The Hall–Kier alpha value is -1.72. The van der Waals surface area contributed by atoms with Crippen molar-refractivity contribution in [2.45, 2.75) is 13.3 Å². The van der Waals surface area contributed by atoms with Crippen molar-refractivity contribution in [2.24, 2.45) is 0 Å². The van der Waals surface area contributed by atoms with E-state index in [0.29, 0.717) is 6.07 Å². The SMILES string of the molecule is CCOC(=O)C(F)Oc1cc(F)cc(F)c1. The standard InChI is InChI=1S/C10H9F3O3/c1-2-15-10(14)9(13)16-8-4-6(11)3-7(12)5-8/h3-5,9H,2H2,1H3. The molecule has 0 saturated heterocycles. The van der Waals surface area contributed by atoms with E-state index < -0.39 is 29.7 Å². The van der Waals surface area contributed by atoms with Crippen LogP contribution in [0.2, 0.25) is 0 Å². The Morgan fingerprint density at radius 3 is 2.38 bits per heavy atom. The van der Waals surface area contributed by atoms with Crippen LogP contribution in [0.15, 0.2) is 18.2 Å². The topological polar surface area (TPSA) is 35.5 Å². The third-order valence-corrected chi connectivity index (χ3v) is 1.55. The highest BCUT2D eigenvalue weighted by Crippen LogP contribution is 2.17. The van der Waals surface area contributed by atoms with Gasteiger partial charge in [-0.05, 0) is 6.92 Å². The molecule has 0 spiro atoms.